The molecule has 6 nitrogen and oxygen atoms in total. The van der Waals surface area contributed by atoms with E-state index in [1.54, 1.807) is 10.9 Å². The number of nitrogens with zero attached hydrogens (tertiary/aromatic N) is 4. The van der Waals surface area contributed by atoms with Crippen molar-refractivity contribution >= 4 is 5.91 Å². The van der Waals surface area contributed by atoms with E-state index in [2.05, 4.69) is 24.2 Å². The molecule has 0 aliphatic heterocycles. The van der Waals surface area contributed by atoms with E-state index < -0.39 is 0 Å². The van der Waals surface area contributed by atoms with Crippen LogP contribution >= 0.6 is 0 Å². The number of rotatable bonds is 6. The highest BCUT2D eigenvalue weighted by atomic mass is 16.2. The minimum atomic E-state index is 0.125. The van der Waals surface area contributed by atoms with Crippen LogP contribution in [0.25, 0.3) is 0 Å². The van der Waals surface area contributed by atoms with E-state index in [-0.39, 0.29) is 12.5 Å². The summed E-state index contributed by atoms with van der Waals surface area (Å²) < 4.78 is 1.57. The van der Waals surface area contributed by atoms with Gasteiger partial charge in [-0.25, -0.2) is 4.68 Å². The number of carbonyl (C=O) groups is 1. The van der Waals surface area contributed by atoms with E-state index in [9.17, 15) is 4.79 Å². The third-order valence-corrected chi connectivity index (χ3v) is 2.96. The van der Waals surface area contributed by atoms with Crippen LogP contribution in [0.1, 0.15) is 32.4 Å². The van der Waals surface area contributed by atoms with Crippen LogP contribution in [-0.4, -0.2) is 38.4 Å². The molecule has 1 amide bonds. The Morgan fingerprint density at radius 1 is 1.61 bits per heavy atom. The van der Waals surface area contributed by atoms with Crippen LogP contribution in [0.5, 0.6) is 0 Å². The zero-order valence-electron chi connectivity index (χ0n) is 11.0. The molecule has 0 bridgehead atoms. The number of nitrogens with two attached hydrogens (primary N) is 1. The van der Waals surface area contributed by atoms with Crippen LogP contribution in [0.2, 0.25) is 0 Å². The van der Waals surface area contributed by atoms with Crippen molar-refractivity contribution in [3.8, 4) is 0 Å². The third-order valence-electron chi connectivity index (χ3n) is 2.96. The molecule has 2 N–H and O–H groups in total. The minimum absolute atomic E-state index is 0.125. The Morgan fingerprint density at radius 2 is 2.33 bits per heavy atom. The molecule has 1 aromatic heterocycles. The molecule has 1 aliphatic carbocycles. The van der Waals surface area contributed by atoms with Gasteiger partial charge >= 0.3 is 0 Å². The monoisotopic (exact) mass is 251 g/mol. The van der Waals surface area contributed by atoms with Gasteiger partial charge in [0.2, 0.25) is 5.91 Å². The van der Waals surface area contributed by atoms with E-state index in [1.807, 2.05) is 4.90 Å². The average molecular weight is 251 g/mol. The summed E-state index contributed by atoms with van der Waals surface area (Å²) in [5.41, 5.74) is 6.18. The number of carbonyl (C=O) groups excluding carboxylic acids is 1. The lowest BCUT2D eigenvalue weighted by atomic mass is 10.2. The summed E-state index contributed by atoms with van der Waals surface area (Å²) in [6.07, 6.45) is 3.99. The summed E-state index contributed by atoms with van der Waals surface area (Å²) in [6.45, 7) is 5.69. The largest absolute Gasteiger partial charge is 0.338 e. The summed E-state index contributed by atoms with van der Waals surface area (Å²) in [7, 11) is 0. The minimum Gasteiger partial charge on any atom is -0.338 e. The summed E-state index contributed by atoms with van der Waals surface area (Å²) >= 11 is 0. The molecule has 0 spiro atoms. The lowest BCUT2D eigenvalue weighted by molar-refractivity contribution is -0.133. The Labute approximate surface area is 107 Å². The van der Waals surface area contributed by atoms with E-state index in [1.165, 1.54) is 0 Å². The molecule has 100 valence electrons. The summed E-state index contributed by atoms with van der Waals surface area (Å²) in [5.74, 6) is 0.615. The average Bonchev–Trinajstić information content (AvgIpc) is 3.06. The van der Waals surface area contributed by atoms with Crippen molar-refractivity contribution < 1.29 is 4.79 Å². The van der Waals surface area contributed by atoms with Crippen LogP contribution in [0, 0.1) is 5.92 Å². The Kier molecular flexibility index (Phi) is 3.96. The molecule has 18 heavy (non-hydrogen) atoms. The highest BCUT2D eigenvalue weighted by molar-refractivity contribution is 5.76. The Balaban J connectivity index is 1.95. The highest BCUT2D eigenvalue weighted by Gasteiger charge is 2.32. The van der Waals surface area contributed by atoms with Gasteiger partial charge in [-0.3, -0.25) is 4.79 Å². The number of amides is 1. The third kappa shape index (κ3) is 3.29. The van der Waals surface area contributed by atoms with Crippen molar-refractivity contribution in [3.05, 3.63) is 11.9 Å². The van der Waals surface area contributed by atoms with Crippen molar-refractivity contribution in [1.29, 1.82) is 0 Å². The smallest absolute Gasteiger partial charge is 0.244 e. The fourth-order valence-electron chi connectivity index (χ4n) is 1.97. The maximum Gasteiger partial charge on any atom is 0.244 e. The van der Waals surface area contributed by atoms with E-state index in [0.29, 0.717) is 24.2 Å². The van der Waals surface area contributed by atoms with E-state index >= 15 is 0 Å². The fraction of sp³-hybridized carbons (Fsp3) is 0.750. The molecule has 0 aromatic carbocycles. The Hall–Kier alpha value is -1.43. The predicted octanol–water partition coefficient (Wildman–Crippen LogP) is 0.384. The second kappa shape index (κ2) is 5.48. The zero-order valence-corrected chi connectivity index (χ0v) is 11.0. The quantitative estimate of drug-likeness (QED) is 0.793. The molecule has 1 saturated carbocycles. The Morgan fingerprint density at radius 3 is 2.83 bits per heavy atom. The van der Waals surface area contributed by atoms with Gasteiger partial charge in [-0.05, 0) is 18.8 Å². The number of aromatic nitrogens is 3. The predicted molar refractivity (Wildman–Crippen MR) is 67.5 cm³/mol. The molecular weight excluding hydrogens is 230 g/mol. The van der Waals surface area contributed by atoms with Crippen molar-refractivity contribution in [2.24, 2.45) is 11.7 Å². The molecule has 0 atom stereocenters. The first-order valence-electron chi connectivity index (χ1n) is 6.48. The van der Waals surface area contributed by atoms with Crippen LogP contribution < -0.4 is 5.73 Å². The summed E-state index contributed by atoms with van der Waals surface area (Å²) in [4.78, 5) is 14.2. The summed E-state index contributed by atoms with van der Waals surface area (Å²) in [5, 5.41) is 7.79. The lowest BCUT2D eigenvalue weighted by Crippen LogP contribution is -2.38. The van der Waals surface area contributed by atoms with Crippen LogP contribution in [0.3, 0.4) is 0 Å². The van der Waals surface area contributed by atoms with Crippen molar-refractivity contribution in [2.45, 2.75) is 45.8 Å². The van der Waals surface area contributed by atoms with E-state index in [0.717, 1.165) is 19.4 Å². The standard InChI is InChI=1S/C12H21N5O/c1-9(2)6-17(11-3-4-11)12(18)8-16-7-10(5-13)14-15-16/h7,9,11H,3-6,8,13H2,1-2H3. The molecule has 1 heterocycles. The second-order valence-electron chi connectivity index (χ2n) is 5.28. The van der Waals surface area contributed by atoms with Gasteiger partial charge in [0.25, 0.3) is 0 Å². The van der Waals surface area contributed by atoms with Gasteiger partial charge in [-0.1, -0.05) is 19.1 Å². The maximum atomic E-state index is 12.2. The van der Waals surface area contributed by atoms with Gasteiger partial charge < -0.3 is 10.6 Å². The first kappa shape index (κ1) is 13.0. The highest BCUT2D eigenvalue weighted by Crippen LogP contribution is 2.27. The molecule has 2 rings (SSSR count). The molecule has 0 unspecified atom stereocenters. The van der Waals surface area contributed by atoms with Gasteiger partial charge in [-0.15, -0.1) is 5.10 Å². The lowest BCUT2D eigenvalue weighted by Gasteiger charge is -2.24. The van der Waals surface area contributed by atoms with Crippen LogP contribution in [0.15, 0.2) is 6.20 Å². The molecule has 1 aromatic rings. The van der Waals surface area contributed by atoms with Crippen molar-refractivity contribution in [3.63, 3.8) is 0 Å². The van der Waals surface area contributed by atoms with Crippen LogP contribution in [0.4, 0.5) is 0 Å². The number of hydrogen-bond donors (Lipinski definition) is 1. The molecule has 0 saturated heterocycles. The zero-order chi connectivity index (χ0) is 13.1. The van der Waals surface area contributed by atoms with Gasteiger partial charge in [0.05, 0.1) is 11.9 Å². The van der Waals surface area contributed by atoms with Gasteiger partial charge in [0, 0.05) is 19.1 Å². The molecule has 6 heteroatoms. The maximum absolute atomic E-state index is 12.2. The van der Waals surface area contributed by atoms with Crippen molar-refractivity contribution in [1.82, 2.24) is 19.9 Å². The van der Waals surface area contributed by atoms with Gasteiger partial charge in [0.15, 0.2) is 0 Å². The first-order chi connectivity index (χ1) is 8.60. The number of hydrogen-bond acceptors (Lipinski definition) is 4. The van der Waals surface area contributed by atoms with Crippen molar-refractivity contribution in [2.75, 3.05) is 6.54 Å². The second-order valence-corrected chi connectivity index (χ2v) is 5.28. The normalized spacial score (nSPS) is 15.1. The summed E-state index contributed by atoms with van der Waals surface area (Å²) in [6, 6.07) is 0.442. The van der Waals surface area contributed by atoms with Gasteiger partial charge in [-0.2, -0.15) is 0 Å². The molecular formula is C12H21N5O. The van der Waals surface area contributed by atoms with E-state index in [4.69, 9.17) is 5.73 Å². The molecule has 0 radical (unpaired) electrons. The van der Waals surface area contributed by atoms with Crippen LogP contribution in [-0.2, 0) is 17.9 Å². The topological polar surface area (TPSA) is 77.0 Å². The fourth-order valence-corrected chi connectivity index (χ4v) is 1.97. The first-order valence-corrected chi connectivity index (χ1v) is 6.48. The SMILES string of the molecule is CC(C)CN(C(=O)Cn1cc(CN)nn1)C1CC1. The molecule has 1 aliphatic rings. The van der Waals surface area contributed by atoms with Gasteiger partial charge in [0.1, 0.15) is 6.54 Å². The Bertz CT molecular complexity index is 410. The molecule has 1 fully saturated rings.